The lowest BCUT2D eigenvalue weighted by Gasteiger charge is -2.22. The van der Waals surface area contributed by atoms with Crippen LogP contribution in [0.5, 0.6) is 0 Å². The van der Waals surface area contributed by atoms with E-state index >= 15 is 0 Å². The van der Waals surface area contributed by atoms with Crippen molar-refractivity contribution in [3.63, 3.8) is 0 Å². The fourth-order valence-corrected chi connectivity index (χ4v) is 1.83. The second kappa shape index (κ2) is 5.13. The number of hydrogen-bond acceptors (Lipinski definition) is 6. The Bertz CT molecular complexity index is 428. The summed E-state index contributed by atoms with van der Waals surface area (Å²) in [5, 5.41) is 4.70. The van der Waals surface area contributed by atoms with Crippen LogP contribution in [0.25, 0.3) is 0 Å². The maximum atomic E-state index is 11.7. The fourth-order valence-electron chi connectivity index (χ4n) is 1.27. The van der Waals surface area contributed by atoms with Crippen molar-refractivity contribution >= 4 is 28.3 Å². The molecule has 0 unspecified atom stereocenters. The summed E-state index contributed by atoms with van der Waals surface area (Å²) in [5.41, 5.74) is 4.99. The van der Waals surface area contributed by atoms with Crippen LogP contribution in [0.4, 0.5) is 5.13 Å². The monoisotopic (exact) mass is 257 g/mol. The van der Waals surface area contributed by atoms with Gasteiger partial charge in [0.1, 0.15) is 5.54 Å². The number of aromatic nitrogens is 1. The lowest BCUT2D eigenvalue weighted by Crippen LogP contribution is -2.50. The Balaban J connectivity index is 2.58. The van der Waals surface area contributed by atoms with Crippen molar-refractivity contribution < 1.29 is 14.3 Å². The molecule has 0 aliphatic heterocycles. The molecule has 0 saturated carbocycles. The summed E-state index contributed by atoms with van der Waals surface area (Å²) in [7, 11) is 1.28. The Kier molecular flexibility index (Phi) is 4.06. The van der Waals surface area contributed by atoms with E-state index in [-0.39, 0.29) is 12.3 Å². The van der Waals surface area contributed by atoms with Crippen molar-refractivity contribution in [2.45, 2.75) is 25.8 Å². The van der Waals surface area contributed by atoms with E-state index in [1.54, 1.807) is 19.2 Å². The van der Waals surface area contributed by atoms with Crippen molar-refractivity contribution in [2.75, 3.05) is 12.8 Å². The maximum absolute atomic E-state index is 11.7. The minimum atomic E-state index is -1.05. The normalized spacial score (nSPS) is 11.0. The van der Waals surface area contributed by atoms with Crippen molar-refractivity contribution in [3.05, 3.63) is 11.1 Å². The summed E-state index contributed by atoms with van der Waals surface area (Å²) in [6, 6.07) is 0. The van der Waals surface area contributed by atoms with Crippen LogP contribution < -0.4 is 11.1 Å². The summed E-state index contributed by atoms with van der Waals surface area (Å²) in [6.07, 6.45) is 0.0914. The third-order valence-electron chi connectivity index (χ3n) is 2.06. The first kappa shape index (κ1) is 13.4. The lowest BCUT2D eigenvalue weighted by molar-refractivity contribution is -0.149. The molecule has 1 aromatic heterocycles. The number of esters is 1. The molecule has 0 fully saturated rings. The molecule has 0 atom stereocenters. The summed E-state index contributed by atoms with van der Waals surface area (Å²) in [4.78, 5) is 27.0. The number of carbonyl (C=O) groups is 2. The quantitative estimate of drug-likeness (QED) is 0.758. The zero-order valence-corrected chi connectivity index (χ0v) is 10.8. The maximum Gasteiger partial charge on any atom is 0.330 e. The summed E-state index contributed by atoms with van der Waals surface area (Å²) < 4.78 is 4.58. The standard InChI is InChI=1S/C10H15N3O3S/c1-10(2,8(15)16-3)13-7(14)4-6-5-17-9(11)12-6/h5H,4H2,1-3H3,(H2,11,12)(H,13,14). The van der Waals surface area contributed by atoms with Gasteiger partial charge in [-0.15, -0.1) is 11.3 Å². The lowest BCUT2D eigenvalue weighted by atomic mass is 10.1. The Hall–Kier alpha value is -1.63. The van der Waals surface area contributed by atoms with Gasteiger partial charge in [-0.1, -0.05) is 0 Å². The zero-order valence-electron chi connectivity index (χ0n) is 9.94. The number of nitrogens with zero attached hydrogens (tertiary/aromatic N) is 1. The average Bonchev–Trinajstić information content (AvgIpc) is 2.61. The van der Waals surface area contributed by atoms with E-state index in [0.29, 0.717) is 10.8 Å². The van der Waals surface area contributed by atoms with Crippen molar-refractivity contribution in [1.29, 1.82) is 0 Å². The second-order valence-electron chi connectivity index (χ2n) is 4.02. The highest BCUT2D eigenvalue weighted by Crippen LogP contribution is 2.12. The SMILES string of the molecule is COC(=O)C(C)(C)NC(=O)Cc1csc(N)n1. The van der Waals surface area contributed by atoms with Gasteiger partial charge in [-0.3, -0.25) is 4.79 Å². The van der Waals surface area contributed by atoms with Gasteiger partial charge < -0.3 is 15.8 Å². The number of nitrogens with one attached hydrogen (secondary N) is 1. The van der Waals surface area contributed by atoms with E-state index in [4.69, 9.17) is 5.73 Å². The molecule has 0 bridgehead atoms. The number of nitrogen functional groups attached to an aromatic ring is 1. The number of ether oxygens (including phenoxy) is 1. The van der Waals surface area contributed by atoms with E-state index in [2.05, 4.69) is 15.0 Å². The molecule has 0 aliphatic carbocycles. The van der Waals surface area contributed by atoms with Gasteiger partial charge in [0.05, 0.1) is 19.2 Å². The van der Waals surface area contributed by atoms with Crippen LogP contribution in [-0.4, -0.2) is 29.5 Å². The average molecular weight is 257 g/mol. The predicted octanol–water partition coefficient (Wildman–Crippen LogP) is 0.336. The highest BCUT2D eigenvalue weighted by atomic mass is 32.1. The first-order valence-electron chi connectivity index (χ1n) is 4.94. The third kappa shape index (κ3) is 3.70. The summed E-state index contributed by atoms with van der Waals surface area (Å²) in [6.45, 7) is 3.15. The summed E-state index contributed by atoms with van der Waals surface area (Å²) >= 11 is 1.27. The van der Waals surface area contributed by atoms with E-state index in [0.717, 1.165) is 0 Å². The highest BCUT2D eigenvalue weighted by Gasteiger charge is 2.30. The first-order valence-corrected chi connectivity index (χ1v) is 5.82. The van der Waals surface area contributed by atoms with Crippen LogP contribution in [0, 0.1) is 0 Å². The molecule has 0 saturated heterocycles. The number of anilines is 1. The van der Waals surface area contributed by atoms with Crippen molar-refractivity contribution in [3.8, 4) is 0 Å². The largest absolute Gasteiger partial charge is 0.467 e. The number of nitrogens with two attached hydrogens (primary N) is 1. The Morgan fingerprint density at radius 1 is 1.59 bits per heavy atom. The van der Waals surface area contributed by atoms with Gasteiger partial charge in [-0.2, -0.15) is 0 Å². The molecule has 1 amide bonds. The van der Waals surface area contributed by atoms with Crippen LogP contribution in [0.2, 0.25) is 0 Å². The molecule has 0 aliphatic rings. The molecule has 0 radical (unpaired) electrons. The van der Waals surface area contributed by atoms with Crippen molar-refractivity contribution in [2.24, 2.45) is 0 Å². The molecule has 6 nitrogen and oxygen atoms in total. The molecule has 0 spiro atoms. The van der Waals surface area contributed by atoms with E-state index < -0.39 is 11.5 Å². The Labute approximate surface area is 103 Å². The molecular formula is C10H15N3O3S. The van der Waals surface area contributed by atoms with Crippen LogP contribution >= 0.6 is 11.3 Å². The van der Waals surface area contributed by atoms with Crippen LogP contribution in [0.1, 0.15) is 19.5 Å². The minimum absolute atomic E-state index is 0.0914. The van der Waals surface area contributed by atoms with E-state index in [1.165, 1.54) is 18.4 Å². The molecule has 1 aromatic rings. The third-order valence-corrected chi connectivity index (χ3v) is 2.78. The van der Waals surface area contributed by atoms with Gasteiger partial charge >= 0.3 is 5.97 Å². The second-order valence-corrected chi connectivity index (χ2v) is 4.91. The predicted molar refractivity (Wildman–Crippen MR) is 64.5 cm³/mol. The molecule has 94 valence electrons. The van der Waals surface area contributed by atoms with Gasteiger partial charge in [0.25, 0.3) is 0 Å². The van der Waals surface area contributed by atoms with Crippen LogP contribution in [0.15, 0.2) is 5.38 Å². The van der Waals surface area contributed by atoms with Gasteiger partial charge in [0, 0.05) is 5.38 Å². The smallest absolute Gasteiger partial charge is 0.330 e. The molecule has 1 heterocycles. The minimum Gasteiger partial charge on any atom is -0.467 e. The molecular weight excluding hydrogens is 242 g/mol. The van der Waals surface area contributed by atoms with Gasteiger partial charge in [0.15, 0.2) is 5.13 Å². The fraction of sp³-hybridized carbons (Fsp3) is 0.500. The zero-order chi connectivity index (χ0) is 13.1. The number of amides is 1. The number of thiazole rings is 1. The van der Waals surface area contributed by atoms with Crippen LogP contribution in [0.3, 0.4) is 0 Å². The number of rotatable bonds is 4. The Morgan fingerprint density at radius 3 is 2.71 bits per heavy atom. The molecule has 1 rings (SSSR count). The van der Waals surface area contributed by atoms with Crippen molar-refractivity contribution in [1.82, 2.24) is 10.3 Å². The van der Waals surface area contributed by atoms with Gasteiger partial charge in [-0.05, 0) is 13.8 Å². The number of hydrogen-bond donors (Lipinski definition) is 2. The summed E-state index contributed by atoms with van der Waals surface area (Å²) in [5.74, 6) is -0.797. The first-order chi connectivity index (χ1) is 7.85. The highest BCUT2D eigenvalue weighted by molar-refractivity contribution is 7.13. The van der Waals surface area contributed by atoms with Gasteiger partial charge in [-0.25, -0.2) is 9.78 Å². The topological polar surface area (TPSA) is 94.3 Å². The Morgan fingerprint density at radius 2 is 2.24 bits per heavy atom. The van der Waals surface area contributed by atoms with E-state index in [9.17, 15) is 9.59 Å². The van der Waals surface area contributed by atoms with Gasteiger partial charge in [0.2, 0.25) is 5.91 Å². The molecule has 0 aromatic carbocycles. The van der Waals surface area contributed by atoms with Crippen LogP contribution in [-0.2, 0) is 20.7 Å². The number of methoxy groups -OCH3 is 1. The molecule has 7 heteroatoms. The molecule has 17 heavy (non-hydrogen) atoms. The van der Waals surface area contributed by atoms with E-state index in [1.807, 2.05) is 0 Å². The molecule has 3 N–H and O–H groups in total. The number of carbonyl (C=O) groups excluding carboxylic acids is 2.